The van der Waals surface area contributed by atoms with E-state index in [2.05, 4.69) is 23.2 Å². The minimum absolute atomic E-state index is 0.156. The maximum absolute atomic E-state index is 11.8. The Morgan fingerprint density at radius 3 is 2.73 bits per heavy atom. The molecule has 2 aromatic rings. The van der Waals surface area contributed by atoms with Gasteiger partial charge in [-0.2, -0.15) is 4.99 Å². The van der Waals surface area contributed by atoms with Crippen LogP contribution < -0.4 is 4.74 Å². The molecule has 1 aliphatic carbocycles. The highest BCUT2D eigenvalue weighted by molar-refractivity contribution is 8.40. The lowest BCUT2D eigenvalue weighted by molar-refractivity contribution is -0.113. The fraction of sp³-hybridized carbons (Fsp3) is 0.238. The second-order valence-corrected chi connectivity index (χ2v) is 8.40. The van der Waals surface area contributed by atoms with Gasteiger partial charge in [-0.05, 0) is 66.0 Å². The molecule has 0 saturated heterocycles. The van der Waals surface area contributed by atoms with Crippen LogP contribution in [0.3, 0.4) is 0 Å². The van der Waals surface area contributed by atoms with Crippen molar-refractivity contribution < 1.29 is 9.53 Å². The third kappa shape index (κ3) is 3.89. The number of nitrogens with zero attached hydrogens (tertiary/aromatic N) is 1. The van der Waals surface area contributed by atoms with Crippen molar-refractivity contribution >= 4 is 39.9 Å². The van der Waals surface area contributed by atoms with E-state index in [1.807, 2.05) is 36.6 Å². The lowest BCUT2D eigenvalue weighted by Gasteiger charge is -2.08. The molecule has 1 amide bonds. The van der Waals surface area contributed by atoms with Gasteiger partial charge in [-0.25, -0.2) is 0 Å². The van der Waals surface area contributed by atoms with Crippen LogP contribution in [0.4, 0.5) is 0 Å². The zero-order chi connectivity index (χ0) is 17.9. The number of thioether (sulfide) groups is 2. The van der Waals surface area contributed by atoms with Gasteiger partial charge in [0.1, 0.15) is 16.7 Å². The zero-order valence-electron chi connectivity index (χ0n) is 14.5. The molecule has 132 valence electrons. The summed E-state index contributed by atoms with van der Waals surface area (Å²) in [7, 11) is 0. The standard InChI is InChI=1S/C21H19NO2S2/c1-25-21-22-20(23)19(26-21)12-14-6-9-18(10-7-14)24-13-15-5-8-16-3-2-4-17(16)11-15/h5-12H,2-4,13H2,1H3/b19-12-. The third-order valence-electron chi connectivity index (χ3n) is 4.52. The molecular formula is C21H19NO2S2. The summed E-state index contributed by atoms with van der Waals surface area (Å²) in [6, 6.07) is 14.5. The van der Waals surface area contributed by atoms with Crippen molar-refractivity contribution in [2.24, 2.45) is 4.99 Å². The average molecular weight is 382 g/mol. The van der Waals surface area contributed by atoms with E-state index in [-0.39, 0.29) is 5.91 Å². The number of aliphatic imine (C=N–C) groups is 1. The summed E-state index contributed by atoms with van der Waals surface area (Å²) in [5.41, 5.74) is 5.15. The van der Waals surface area contributed by atoms with Crippen molar-refractivity contribution in [2.75, 3.05) is 6.26 Å². The third-order valence-corrected chi connectivity index (χ3v) is 6.49. The van der Waals surface area contributed by atoms with Crippen molar-refractivity contribution in [1.82, 2.24) is 0 Å². The monoisotopic (exact) mass is 381 g/mol. The topological polar surface area (TPSA) is 38.7 Å². The normalized spacial score (nSPS) is 17.5. The van der Waals surface area contributed by atoms with Crippen LogP contribution in [0.15, 0.2) is 52.4 Å². The molecule has 1 heterocycles. The molecule has 5 heteroatoms. The van der Waals surface area contributed by atoms with Crippen LogP contribution in [-0.4, -0.2) is 16.5 Å². The van der Waals surface area contributed by atoms with Crippen LogP contribution >= 0.6 is 23.5 Å². The molecule has 0 aromatic heterocycles. The van der Waals surface area contributed by atoms with E-state index in [0.29, 0.717) is 11.5 Å². The molecule has 0 saturated carbocycles. The van der Waals surface area contributed by atoms with Crippen molar-refractivity contribution in [2.45, 2.75) is 25.9 Å². The molecule has 2 aliphatic rings. The summed E-state index contributed by atoms with van der Waals surface area (Å²) in [6.45, 7) is 0.576. The predicted molar refractivity (Wildman–Crippen MR) is 111 cm³/mol. The molecule has 1 aliphatic heterocycles. The lowest BCUT2D eigenvalue weighted by atomic mass is 10.1. The summed E-state index contributed by atoms with van der Waals surface area (Å²) in [4.78, 5) is 16.5. The number of fused-ring (bicyclic) bond motifs is 1. The van der Waals surface area contributed by atoms with Gasteiger partial charge in [0.05, 0.1) is 4.91 Å². The Morgan fingerprint density at radius 2 is 1.96 bits per heavy atom. The van der Waals surface area contributed by atoms with Crippen LogP contribution in [0.5, 0.6) is 5.75 Å². The molecule has 0 atom stereocenters. The molecule has 0 bridgehead atoms. The fourth-order valence-corrected chi connectivity index (χ4v) is 4.59. The minimum atomic E-state index is -0.156. The van der Waals surface area contributed by atoms with Gasteiger partial charge in [0.15, 0.2) is 0 Å². The molecule has 0 fully saturated rings. The number of rotatable bonds is 4. The highest BCUT2D eigenvalue weighted by atomic mass is 32.2. The minimum Gasteiger partial charge on any atom is -0.489 e. The number of hydrogen-bond acceptors (Lipinski definition) is 4. The van der Waals surface area contributed by atoms with Crippen LogP contribution in [-0.2, 0) is 24.2 Å². The van der Waals surface area contributed by atoms with Gasteiger partial charge in [0.25, 0.3) is 5.91 Å². The first-order valence-corrected chi connectivity index (χ1v) is 10.7. The molecule has 2 aromatic carbocycles. The highest BCUT2D eigenvalue weighted by Crippen LogP contribution is 2.32. The van der Waals surface area contributed by atoms with Crippen molar-refractivity contribution in [1.29, 1.82) is 0 Å². The quantitative estimate of drug-likeness (QED) is 0.692. The highest BCUT2D eigenvalue weighted by Gasteiger charge is 2.20. The number of aryl methyl sites for hydroxylation is 2. The molecule has 0 spiro atoms. The molecule has 0 radical (unpaired) electrons. The summed E-state index contributed by atoms with van der Waals surface area (Å²) in [6.07, 6.45) is 7.46. The number of carbonyl (C=O) groups is 1. The van der Waals surface area contributed by atoms with Crippen LogP contribution in [0.25, 0.3) is 6.08 Å². The Balaban J connectivity index is 1.38. The molecule has 4 rings (SSSR count). The van der Waals surface area contributed by atoms with E-state index < -0.39 is 0 Å². The van der Waals surface area contributed by atoms with Crippen LogP contribution in [0, 0.1) is 0 Å². The van der Waals surface area contributed by atoms with Gasteiger partial charge in [0, 0.05) is 0 Å². The van der Waals surface area contributed by atoms with Gasteiger partial charge in [-0.1, -0.05) is 42.1 Å². The van der Waals surface area contributed by atoms with Crippen molar-refractivity contribution in [3.63, 3.8) is 0 Å². The summed E-state index contributed by atoms with van der Waals surface area (Å²) >= 11 is 2.92. The Bertz CT molecular complexity index is 901. The van der Waals surface area contributed by atoms with Gasteiger partial charge in [-0.15, -0.1) is 11.8 Å². The fourth-order valence-electron chi connectivity index (χ4n) is 3.17. The number of hydrogen-bond donors (Lipinski definition) is 0. The first-order chi connectivity index (χ1) is 12.7. The summed E-state index contributed by atoms with van der Waals surface area (Å²) < 4.78 is 6.72. The van der Waals surface area contributed by atoms with E-state index >= 15 is 0 Å². The number of ether oxygens (including phenoxy) is 1. The van der Waals surface area contributed by atoms with Crippen LogP contribution in [0.2, 0.25) is 0 Å². The smallest absolute Gasteiger partial charge is 0.285 e. The second-order valence-electron chi connectivity index (χ2n) is 6.31. The second kappa shape index (κ2) is 7.72. The summed E-state index contributed by atoms with van der Waals surface area (Å²) in [5, 5.41) is 0. The SMILES string of the molecule is CSC1=NC(=O)/C(=C/c2ccc(OCc3ccc4c(c3)CCC4)cc2)S1. The molecule has 0 N–H and O–H groups in total. The van der Waals surface area contributed by atoms with Gasteiger partial charge in [0.2, 0.25) is 0 Å². The van der Waals surface area contributed by atoms with Crippen molar-refractivity contribution in [3.8, 4) is 5.75 Å². The number of benzene rings is 2. The zero-order valence-corrected chi connectivity index (χ0v) is 16.2. The maximum atomic E-state index is 11.8. The van der Waals surface area contributed by atoms with E-state index in [0.717, 1.165) is 15.7 Å². The van der Waals surface area contributed by atoms with Crippen LogP contribution in [0.1, 0.15) is 28.7 Å². The average Bonchev–Trinajstić information content (AvgIpc) is 3.27. The van der Waals surface area contributed by atoms with Gasteiger partial charge in [-0.3, -0.25) is 4.79 Å². The van der Waals surface area contributed by atoms with Gasteiger partial charge >= 0.3 is 0 Å². The Hall–Kier alpha value is -1.98. The first kappa shape index (κ1) is 17.4. The Morgan fingerprint density at radius 1 is 1.15 bits per heavy atom. The number of amides is 1. The predicted octanol–water partition coefficient (Wildman–Crippen LogP) is 5.09. The Kier molecular flexibility index (Phi) is 5.18. The number of carbonyl (C=O) groups excluding carboxylic acids is 1. The molecule has 3 nitrogen and oxygen atoms in total. The van der Waals surface area contributed by atoms with E-state index in [4.69, 9.17) is 4.74 Å². The first-order valence-electron chi connectivity index (χ1n) is 8.61. The Labute approximate surface area is 161 Å². The van der Waals surface area contributed by atoms with E-state index in [1.165, 1.54) is 59.5 Å². The largest absolute Gasteiger partial charge is 0.489 e. The molecular weight excluding hydrogens is 362 g/mol. The van der Waals surface area contributed by atoms with E-state index in [1.54, 1.807) is 0 Å². The van der Waals surface area contributed by atoms with Gasteiger partial charge < -0.3 is 4.74 Å². The molecule has 26 heavy (non-hydrogen) atoms. The maximum Gasteiger partial charge on any atom is 0.285 e. The van der Waals surface area contributed by atoms with Crippen molar-refractivity contribution in [3.05, 3.63) is 69.6 Å². The summed E-state index contributed by atoms with van der Waals surface area (Å²) in [5.74, 6) is 0.676. The lowest BCUT2D eigenvalue weighted by Crippen LogP contribution is -1.97. The molecule has 0 unspecified atom stereocenters. The van der Waals surface area contributed by atoms with E-state index in [9.17, 15) is 4.79 Å².